The number of amides is 1. The number of anilines is 1. The lowest BCUT2D eigenvalue weighted by atomic mass is 10.1. The predicted molar refractivity (Wildman–Crippen MR) is 79.8 cm³/mol. The summed E-state index contributed by atoms with van der Waals surface area (Å²) in [6.07, 6.45) is 5.19. The Balaban J connectivity index is 1.78. The second-order valence-corrected chi connectivity index (χ2v) is 4.70. The normalized spacial score (nSPS) is 15.6. The molecule has 0 atom stereocenters. The predicted octanol–water partition coefficient (Wildman–Crippen LogP) is 2.93. The summed E-state index contributed by atoms with van der Waals surface area (Å²) in [5.41, 5.74) is 1.92. The molecule has 3 heterocycles. The van der Waals surface area contributed by atoms with E-state index in [0.717, 1.165) is 16.5 Å². The number of nitrogens with zero attached hydrogens (tertiary/aromatic N) is 1. The van der Waals surface area contributed by atoms with Crippen molar-refractivity contribution in [1.82, 2.24) is 9.97 Å². The molecule has 5 nitrogen and oxygen atoms in total. The van der Waals surface area contributed by atoms with Crippen LogP contribution in [0.1, 0.15) is 5.56 Å². The molecule has 2 aromatic heterocycles. The molecule has 1 aromatic carbocycles. The van der Waals surface area contributed by atoms with Crippen LogP contribution in [0.2, 0.25) is 0 Å². The van der Waals surface area contributed by atoms with Crippen molar-refractivity contribution < 1.29 is 9.53 Å². The van der Waals surface area contributed by atoms with Gasteiger partial charge in [-0.25, -0.2) is 4.98 Å². The number of rotatable bonds is 1. The van der Waals surface area contributed by atoms with Gasteiger partial charge in [0.2, 0.25) is 0 Å². The Labute approximate surface area is 120 Å². The van der Waals surface area contributed by atoms with Gasteiger partial charge in [0.25, 0.3) is 5.91 Å². The van der Waals surface area contributed by atoms with Crippen molar-refractivity contribution in [3.63, 3.8) is 0 Å². The molecule has 1 aliphatic heterocycles. The molecule has 0 aliphatic carbocycles. The Morgan fingerprint density at radius 2 is 2.05 bits per heavy atom. The van der Waals surface area contributed by atoms with Gasteiger partial charge < -0.3 is 15.0 Å². The zero-order chi connectivity index (χ0) is 14.2. The van der Waals surface area contributed by atoms with E-state index in [1.807, 2.05) is 30.5 Å². The van der Waals surface area contributed by atoms with Gasteiger partial charge in [-0.05, 0) is 24.3 Å². The van der Waals surface area contributed by atoms with E-state index >= 15 is 0 Å². The van der Waals surface area contributed by atoms with Gasteiger partial charge in [0.15, 0.2) is 17.3 Å². The van der Waals surface area contributed by atoms with Gasteiger partial charge in [-0.3, -0.25) is 4.79 Å². The molecular formula is C16H11N3O2. The van der Waals surface area contributed by atoms with E-state index in [-0.39, 0.29) is 11.7 Å². The smallest absolute Gasteiger partial charge is 0.292 e. The maximum absolute atomic E-state index is 12.1. The lowest BCUT2D eigenvalue weighted by Crippen LogP contribution is -2.24. The Morgan fingerprint density at radius 3 is 3.00 bits per heavy atom. The standard InChI is InChI=1S/C16H11N3O2/c20-16-14(21-13-6-3-7-17-15(13)19-16)8-10-9-18-12-5-2-1-4-11(10)12/h1-9,18H,(H,17,19,20)/b14-8+. The molecule has 0 fully saturated rings. The van der Waals surface area contributed by atoms with Gasteiger partial charge in [0, 0.05) is 28.9 Å². The zero-order valence-electron chi connectivity index (χ0n) is 11.0. The number of hydrogen-bond acceptors (Lipinski definition) is 3. The van der Waals surface area contributed by atoms with Crippen molar-refractivity contribution in [2.75, 3.05) is 5.32 Å². The van der Waals surface area contributed by atoms with Crippen LogP contribution in [0.3, 0.4) is 0 Å². The molecule has 3 aromatic rings. The van der Waals surface area contributed by atoms with Gasteiger partial charge in [-0.1, -0.05) is 18.2 Å². The topological polar surface area (TPSA) is 67.0 Å². The Hall–Kier alpha value is -3.08. The second kappa shape index (κ2) is 4.49. The first-order valence-electron chi connectivity index (χ1n) is 6.53. The number of nitrogens with one attached hydrogen (secondary N) is 2. The third-order valence-electron chi connectivity index (χ3n) is 3.35. The van der Waals surface area contributed by atoms with Crippen LogP contribution in [-0.2, 0) is 4.79 Å². The summed E-state index contributed by atoms with van der Waals surface area (Å²) < 4.78 is 5.64. The summed E-state index contributed by atoms with van der Waals surface area (Å²) in [5, 5.41) is 3.76. The summed E-state index contributed by atoms with van der Waals surface area (Å²) in [6, 6.07) is 11.4. The van der Waals surface area contributed by atoms with E-state index in [4.69, 9.17) is 4.74 Å². The van der Waals surface area contributed by atoms with Crippen molar-refractivity contribution in [3.05, 3.63) is 60.1 Å². The summed E-state index contributed by atoms with van der Waals surface area (Å²) in [6.45, 7) is 0. The summed E-state index contributed by atoms with van der Waals surface area (Å²) >= 11 is 0. The van der Waals surface area contributed by atoms with Crippen LogP contribution >= 0.6 is 0 Å². The number of ether oxygens (including phenoxy) is 1. The molecule has 0 saturated carbocycles. The van der Waals surface area contributed by atoms with Crippen LogP contribution in [0.25, 0.3) is 17.0 Å². The molecule has 1 aliphatic rings. The van der Waals surface area contributed by atoms with Gasteiger partial charge in [0.05, 0.1) is 0 Å². The van der Waals surface area contributed by atoms with Gasteiger partial charge in [-0.2, -0.15) is 0 Å². The lowest BCUT2D eigenvalue weighted by molar-refractivity contribution is -0.115. The summed E-state index contributed by atoms with van der Waals surface area (Å²) in [5.74, 6) is 0.938. The maximum Gasteiger partial charge on any atom is 0.292 e. The fourth-order valence-corrected chi connectivity index (χ4v) is 2.35. The number of aromatic nitrogens is 2. The largest absolute Gasteiger partial charge is 0.448 e. The van der Waals surface area contributed by atoms with Crippen LogP contribution in [0, 0.1) is 0 Å². The minimum atomic E-state index is -0.300. The van der Waals surface area contributed by atoms with E-state index in [9.17, 15) is 4.79 Å². The first kappa shape index (κ1) is 11.7. The quantitative estimate of drug-likeness (QED) is 0.672. The number of pyridine rings is 1. The Morgan fingerprint density at radius 1 is 1.14 bits per heavy atom. The molecule has 2 N–H and O–H groups in total. The molecule has 0 spiro atoms. The summed E-state index contributed by atoms with van der Waals surface area (Å²) in [7, 11) is 0. The number of benzene rings is 1. The fourth-order valence-electron chi connectivity index (χ4n) is 2.35. The Bertz CT molecular complexity index is 880. The third-order valence-corrected chi connectivity index (χ3v) is 3.35. The molecule has 4 rings (SSSR count). The molecule has 21 heavy (non-hydrogen) atoms. The number of hydrogen-bond donors (Lipinski definition) is 2. The average Bonchev–Trinajstić information content (AvgIpc) is 2.91. The van der Waals surface area contributed by atoms with Gasteiger partial charge in [0.1, 0.15) is 0 Å². The molecule has 1 amide bonds. The zero-order valence-corrected chi connectivity index (χ0v) is 11.0. The average molecular weight is 277 g/mol. The van der Waals surface area contributed by atoms with E-state index in [1.165, 1.54) is 0 Å². The molecule has 0 saturated heterocycles. The number of para-hydroxylation sites is 1. The molecular weight excluding hydrogens is 266 g/mol. The van der Waals surface area contributed by atoms with Gasteiger partial charge >= 0.3 is 0 Å². The van der Waals surface area contributed by atoms with Crippen molar-refractivity contribution in [2.24, 2.45) is 0 Å². The molecule has 0 radical (unpaired) electrons. The first-order valence-corrected chi connectivity index (χ1v) is 6.53. The van der Waals surface area contributed by atoms with E-state index in [0.29, 0.717) is 11.6 Å². The van der Waals surface area contributed by atoms with Crippen LogP contribution < -0.4 is 10.1 Å². The highest BCUT2D eigenvalue weighted by atomic mass is 16.5. The van der Waals surface area contributed by atoms with Crippen LogP contribution in [0.5, 0.6) is 5.75 Å². The number of H-pyrrole nitrogens is 1. The molecule has 5 heteroatoms. The number of carbonyl (C=O) groups is 1. The molecule has 102 valence electrons. The number of aromatic amines is 1. The van der Waals surface area contributed by atoms with E-state index in [1.54, 1.807) is 24.4 Å². The fraction of sp³-hybridized carbons (Fsp3) is 0. The van der Waals surface area contributed by atoms with E-state index < -0.39 is 0 Å². The highest BCUT2D eigenvalue weighted by Crippen LogP contribution is 2.29. The van der Waals surface area contributed by atoms with Crippen molar-refractivity contribution in [3.8, 4) is 5.75 Å². The third kappa shape index (κ3) is 1.95. The minimum Gasteiger partial charge on any atom is -0.448 e. The molecule has 0 unspecified atom stereocenters. The van der Waals surface area contributed by atoms with Crippen LogP contribution in [-0.4, -0.2) is 15.9 Å². The van der Waals surface area contributed by atoms with Gasteiger partial charge in [-0.15, -0.1) is 0 Å². The summed E-state index contributed by atoms with van der Waals surface area (Å²) in [4.78, 5) is 19.3. The van der Waals surface area contributed by atoms with Crippen LogP contribution in [0.4, 0.5) is 5.82 Å². The van der Waals surface area contributed by atoms with Crippen molar-refractivity contribution in [2.45, 2.75) is 0 Å². The van der Waals surface area contributed by atoms with Crippen molar-refractivity contribution in [1.29, 1.82) is 0 Å². The number of fused-ring (bicyclic) bond motifs is 2. The molecule has 0 bridgehead atoms. The number of carbonyl (C=O) groups excluding carboxylic acids is 1. The maximum atomic E-state index is 12.1. The van der Waals surface area contributed by atoms with E-state index in [2.05, 4.69) is 15.3 Å². The lowest BCUT2D eigenvalue weighted by Gasteiger charge is -2.18. The highest BCUT2D eigenvalue weighted by molar-refractivity contribution is 6.08. The van der Waals surface area contributed by atoms with Crippen LogP contribution in [0.15, 0.2) is 54.6 Å². The van der Waals surface area contributed by atoms with Crippen molar-refractivity contribution >= 4 is 28.7 Å². The highest BCUT2D eigenvalue weighted by Gasteiger charge is 2.22. The first-order chi connectivity index (χ1) is 10.3. The Kier molecular flexibility index (Phi) is 2.50. The SMILES string of the molecule is O=C1Nc2ncccc2O/C1=C/c1c[nH]c2ccccc12. The minimum absolute atomic E-state index is 0.250. The monoisotopic (exact) mass is 277 g/mol. The second-order valence-electron chi connectivity index (χ2n) is 4.70.